The average molecular weight is 498 g/mol. The molecule has 2 aromatic rings. The Morgan fingerprint density at radius 3 is 2.43 bits per heavy atom. The Hall–Kier alpha value is -3.29. The minimum atomic E-state index is -4.69. The van der Waals surface area contributed by atoms with Crippen molar-refractivity contribution < 1.29 is 42.4 Å². The Kier molecular flexibility index (Phi) is 8.25. The van der Waals surface area contributed by atoms with Crippen LogP contribution in [0.4, 0.5) is 19.0 Å². The van der Waals surface area contributed by atoms with Crippen LogP contribution in [0.5, 0.6) is 0 Å². The van der Waals surface area contributed by atoms with Crippen molar-refractivity contribution in [3.05, 3.63) is 53.5 Å². The first-order chi connectivity index (χ1) is 16.5. The number of nitrogens with one attached hydrogen (secondary N) is 2. The summed E-state index contributed by atoms with van der Waals surface area (Å²) in [6, 6.07) is 4.81. The molecule has 0 saturated carbocycles. The van der Waals surface area contributed by atoms with E-state index in [0.29, 0.717) is 6.20 Å². The molecule has 1 aromatic heterocycles. The van der Waals surface area contributed by atoms with E-state index >= 15 is 0 Å². The maximum atomic E-state index is 12.8. The number of anilines is 1. The smallest absolute Gasteiger partial charge is 0.434 e. The molecule has 190 valence electrons. The molecule has 1 aliphatic heterocycles. The van der Waals surface area contributed by atoms with E-state index < -0.39 is 48.1 Å². The average Bonchev–Trinajstić information content (AvgIpc) is 2.80. The molecular weight excluding hydrogens is 473 g/mol. The normalized spacial score (nSPS) is 22.5. The molecule has 0 aliphatic carbocycles. The predicted molar refractivity (Wildman–Crippen MR) is 116 cm³/mol. The van der Waals surface area contributed by atoms with E-state index in [1.165, 1.54) is 24.3 Å². The summed E-state index contributed by atoms with van der Waals surface area (Å²) in [4.78, 5) is 31.2. The summed E-state index contributed by atoms with van der Waals surface area (Å²) in [6.45, 7) is 3.11. The third-order valence-electron chi connectivity index (χ3n) is 5.08. The topological polar surface area (TPSA) is 143 Å². The number of carbonyl (C=O) groups is 2. The number of alkyl halides is 3. The second-order valence-corrected chi connectivity index (χ2v) is 8.13. The number of ether oxygens (including phenoxy) is 2. The van der Waals surface area contributed by atoms with Crippen LogP contribution in [0.15, 0.2) is 36.7 Å². The molecule has 0 unspecified atom stereocenters. The zero-order valence-electron chi connectivity index (χ0n) is 18.8. The Balaban J connectivity index is 1.53. The Morgan fingerprint density at radius 2 is 1.80 bits per heavy atom. The number of halogens is 3. The standard InChI is InChI=1S/C22H25F3N4O6/c1-11(2)35-21(33)13-5-3-12(4-6-13)20(32)27-7-15-19(31)18(30)14(10-34-15)28-17-9-26-8-16(29-17)22(23,24)25/h3-6,8-9,11,14-15,18-19,30-31H,7,10H2,1-2H3,(H,27,32)(H,28,29)/t14-,15+,18+,19-/m0/s1. The monoisotopic (exact) mass is 498 g/mol. The molecule has 4 N–H and O–H groups in total. The van der Waals surface area contributed by atoms with Gasteiger partial charge in [0.1, 0.15) is 24.1 Å². The van der Waals surface area contributed by atoms with Crippen LogP contribution in [0.3, 0.4) is 0 Å². The fourth-order valence-corrected chi connectivity index (χ4v) is 3.29. The highest BCUT2D eigenvalue weighted by atomic mass is 19.4. The predicted octanol–water partition coefficient (Wildman–Crippen LogP) is 1.39. The highest BCUT2D eigenvalue weighted by Gasteiger charge is 2.39. The number of hydrogen-bond acceptors (Lipinski definition) is 9. The van der Waals surface area contributed by atoms with Crippen molar-refractivity contribution in [2.75, 3.05) is 18.5 Å². The van der Waals surface area contributed by atoms with Crippen LogP contribution in [0.25, 0.3) is 0 Å². The van der Waals surface area contributed by atoms with Crippen LogP contribution < -0.4 is 10.6 Å². The first-order valence-electron chi connectivity index (χ1n) is 10.7. The molecule has 35 heavy (non-hydrogen) atoms. The summed E-state index contributed by atoms with van der Waals surface area (Å²) in [7, 11) is 0. The van der Waals surface area contributed by atoms with Crippen LogP contribution in [-0.2, 0) is 15.7 Å². The molecule has 0 bridgehead atoms. The van der Waals surface area contributed by atoms with Gasteiger partial charge in [-0.2, -0.15) is 13.2 Å². The van der Waals surface area contributed by atoms with Crippen LogP contribution in [0.2, 0.25) is 0 Å². The Morgan fingerprint density at radius 1 is 1.14 bits per heavy atom. The molecular formula is C22H25F3N4O6. The Labute approximate surface area is 198 Å². The summed E-state index contributed by atoms with van der Waals surface area (Å²) < 4.78 is 49.0. The van der Waals surface area contributed by atoms with Crippen molar-refractivity contribution in [3.63, 3.8) is 0 Å². The van der Waals surface area contributed by atoms with Crippen LogP contribution in [-0.4, -0.2) is 75.7 Å². The van der Waals surface area contributed by atoms with Crippen molar-refractivity contribution >= 4 is 17.7 Å². The van der Waals surface area contributed by atoms with Crippen molar-refractivity contribution in [3.8, 4) is 0 Å². The van der Waals surface area contributed by atoms with Gasteiger partial charge in [0.25, 0.3) is 5.91 Å². The van der Waals surface area contributed by atoms with E-state index in [9.17, 15) is 33.0 Å². The SMILES string of the molecule is CC(C)OC(=O)c1ccc(C(=O)NC[C@H]2OC[C@H](Nc3cncc(C(F)(F)F)n3)[C@@H](O)[C@H]2O)cc1. The van der Waals surface area contributed by atoms with Gasteiger partial charge in [-0.05, 0) is 38.1 Å². The van der Waals surface area contributed by atoms with E-state index in [-0.39, 0.29) is 36.2 Å². The lowest BCUT2D eigenvalue weighted by Crippen LogP contribution is -2.58. The molecule has 1 aromatic carbocycles. The summed E-state index contributed by atoms with van der Waals surface area (Å²) in [5.74, 6) is -1.26. The number of benzene rings is 1. The number of carbonyl (C=O) groups excluding carboxylic acids is 2. The number of hydrogen-bond donors (Lipinski definition) is 4. The van der Waals surface area contributed by atoms with Crippen LogP contribution >= 0.6 is 0 Å². The number of nitrogens with zero attached hydrogens (tertiary/aromatic N) is 2. The number of esters is 1. The first-order valence-corrected chi connectivity index (χ1v) is 10.7. The van der Waals surface area contributed by atoms with E-state index in [1.807, 2.05) is 0 Å². The summed E-state index contributed by atoms with van der Waals surface area (Å²) in [6.07, 6.45) is -7.20. The molecule has 1 fully saturated rings. The quantitative estimate of drug-likeness (QED) is 0.417. The zero-order valence-corrected chi connectivity index (χ0v) is 18.8. The third kappa shape index (κ3) is 6.87. The number of rotatable bonds is 7. The van der Waals surface area contributed by atoms with Crippen molar-refractivity contribution in [2.45, 2.75) is 50.5 Å². The molecule has 13 heteroatoms. The maximum absolute atomic E-state index is 12.8. The highest BCUT2D eigenvalue weighted by molar-refractivity contribution is 5.96. The van der Waals surface area contributed by atoms with Gasteiger partial charge in [-0.25, -0.2) is 9.78 Å². The second kappa shape index (κ2) is 11.0. The molecule has 1 saturated heterocycles. The number of aromatic nitrogens is 2. The lowest BCUT2D eigenvalue weighted by atomic mass is 9.98. The summed E-state index contributed by atoms with van der Waals surface area (Å²) in [5, 5.41) is 25.9. The third-order valence-corrected chi connectivity index (χ3v) is 5.08. The molecule has 2 heterocycles. The number of amides is 1. The van der Waals surface area contributed by atoms with E-state index in [4.69, 9.17) is 9.47 Å². The van der Waals surface area contributed by atoms with Crippen LogP contribution in [0, 0.1) is 0 Å². The van der Waals surface area contributed by atoms with Gasteiger partial charge in [0, 0.05) is 12.1 Å². The minimum absolute atomic E-state index is 0.149. The van der Waals surface area contributed by atoms with Gasteiger partial charge in [-0.1, -0.05) is 0 Å². The lowest BCUT2D eigenvalue weighted by Gasteiger charge is -2.38. The van der Waals surface area contributed by atoms with E-state index in [2.05, 4.69) is 20.6 Å². The van der Waals surface area contributed by atoms with Crippen molar-refractivity contribution in [1.82, 2.24) is 15.3 Å². The molecule has 4 atom stereocenters. The van der Waals surface area contributed by atoms with Gasteiger partial charge in [0.05, 0.1) is 36.7 Å². The molecule has 1 amide bonds. The minimum Gasteiger partial charge on any atom is -0.459 e. The van der Waals surface area contributed by atoms with Crippen molar-refractivity contribution in [2.24, 2.45) is 0 Å². The van der Waals surface area contributed by atoms with E-state index in [1.54, 1.807) is 13.8 Å². The second-order valence-electron chi connectivity index (χ2n) is 8.13. The van der Waals surface area contributed by atoms with Gasteiger partial charge in [0.15, 0.2) is 5.69 Å². The highest BCUT2D eigenvalue weighted by Crippen LogP contribution is 2.28. The maximum Gasteiger partial charge on any atom is 0.434 e. The lowest BCUT2D eigenvalue weighted by molar-refractivity contribution is -0.141. The van der Waals surface area contributed by atoms with E-state index in [0.717, 1.165) is 6.20 Å². The van der Waals surface area contributed by atoms with Gasteiger partial charge in [-0.3, -0.25) is 9.78 Å². The summed E-state index contributed by atoms with van der Waals surface area (Å²) in [5.41, 5.74) is -0.673. The van der Waals surface area contributed by atoms with Gasteiger partial charge in [-0.15, -0.1) is 0 Å². The molecule has 1 aliphatic rings. The fourth-order valence-electron chi connectivity index (χ4n) is 3.29. The first kappa shape index (κ1) is 26.3. The molecule has 0 spiro atoms. The molecule has 3 rings (SSSR count). The van der Waals surface area contributed by atoms with Crippen LogP contribution in [0.1, 0.15) is 40.3 Å². The van der Waals surface area contributed by atoms with Gasteiger partial charge in [0.2, 0.25) is 0 Å². The zero-order chi connectivity index (χ0) is 25.8. The van der Waals surface area contributed by atoms with Crippen molar-refractivity contribution in [1.29, 1.82) is 0 Å². The summed E-state index contributed by atoms with van der Waals surface area (Å²) >= 11 is 0. The fraction of sp³-hybridized carbons (Fsp3) is 0.455. The molecule has 0 radical (unpaired) electrons. The van der Waals surface area contributed by atoms with Gasteiger partial charge >= 0.3 is 12.1 Å². The van der Waals surface area contributed by atoms with Gasteiger partial charge < -0.3 is 30.3 Å². The number of aliphatic hydroxyl groups is 2. The number of aliphatic hydroxyl groups excluding tert-OH is 2. The Bertz CT molecular complexity index is 1030. The largest absolute Gasteiger partial charge is 0.459 e. The molecule has 10 nitrogen and oxygen atoms in total.